The molecule has 0 saturated heterocycles. The quantitative estimate of drug-likeness (QED) is 0.649. The molecule has 0 aromatic heterocycles. The number of benzene rings is 3. The molecule has 4 heteroatoms. The van der Waals surface area contributed by atoms with Crippen molar-refractivity contribution in [1.29, 1.82) is 0 Å². The van der Waals surface area contributed by atoms with Crippen LogP contribution in [-0.2, 0) is 5.79 Å². The van der Waals surface area contributed by atoms with Gasteiger partial charge in [0.05, 0.1) is 7.11 Å². The van der Waals surface area contributed by atoms with Crippen LogP contribution in [0.4, 0.5) is 0 Å². The fourth-order valence-corrected chi connectivity index (χ4v) is 3.14. The van der Waals surface area contributed by atoms with Crippen molar-refractivity contribution < 1.29 is 19.0 Å². The first-order chi connectivity index (χ1) is 12.6. The summed E-state index contributed by atoms with van der Waals surface area (Å²) >= 11 is 0. The third-order valence-corrected chi connectivity index (χ3v) is 4.45. The van der Waals surface area contributed by atoms with Crippen molar-refractivity contribution in [2.45, 2.75) is 12.7 Å². The average molecular weight is 346 g/mol. The Kier molecular flexibility index (Phi) is 3.88. The summed E-state index contributed by atoms with van der Waals surface area (Å²) in [6.45, 7) is 1.51. The third-order valence-electron chi connectivity index (χ3n) is 4.45. The van der Waals surface area contributed by atoms with Crippen molar-refractivity contribution in [3.63, 3.8) is 0 Å². The zero-order valence-corrected chi connectivity index (χ0v) is 14.6. The Bertz CT molecular complexity index is 909. The van der Waals surface area contributed by atoms with E-state index in [9.17, 15) is 4.79 Å². The van der Waals surface area contributed by atoms with Crippen molar-refractivity contribution in [3.8, 4) is 17.2 Å². The second-order valence-corrected chi connectivity index (χ2v) is 6.11. The second-order valence-electron chi connectivity index (χ2n) is 6.11. The fourth-order valence-electron chi connectivity index (χ4n) is 3.14. The van der Waals surface area contributed by atoms with E-state index in [0.717, 1.165) is 11.1 Å². The topological polar surface area (TPSA) is 44.8 Å². The molecule has 0 fully saturated rings. The molecule has 26 heavy (non-hydrogen) atoms. The molecule has 3 aromatic rings. The van der Waals surface area contributed by atoms with Gasteiger partial charge in [-0.15, -0.1) is 0 Å². The van der Waals surface area contributed by atoms with Gasteiger partial charge in [-0.3, -0.25) is 4.79 Å². The first-order valence-electron chi connectivity index (χ1n) is 8.36. The molecule has 1 heterocycles. The van der Waals surface area contributed by atoms with E-state index >= 15 is 0 Å². The van der Waals surface area contributed by atoms with Crippen LogP contribution in [0.2, 0.25) is 0 Å². The normalized spacial score (nSPS) is 14.1. The first-order valence-corrected chi connectivity index (χ1v) is 8.36. The number of rotatable bonds is 4. The summed E-state index contributed by atoms with van der Waals surface area (Å²) in [6.07, 6.45) is 0. The summed E-state index contributed by atoms with van der Waals surface area (Å²) in [5.74, 6) is 0.258. The van der Waals surface area contributed by atoms with Crippen molar-refractivity contribution in [3.05, 3.63) is 89.5 Å². The van der Waals surface area contributed by atoms with Gasteiger partial charge in [0.25, 0.3) is 0 Å². The van der Waals surface area contributed by atoms with E-state index in [1.54, 1.807) is 19.2 Å². The van der Waals surface area contributed by atoms with Gasteiger partial charge in [-0.2, -0.15) is 0 Å². The molecule has 130 valence electrons. The van der Waals surface area contributed by atoms with Crippen LogP contribution in [0.25, 0.3) is 0 Å². The number of carbonyl (C=O) groups excluding carboxylic acids is 1. The minimum Gasteiger partial charge on any atom is -0.493 e. The predicted molar refractivity (Wildman–Crippen MR) is 97.9 cm³/mol. The number of carbonyl (C=O) groups is 1. The highest BCUT2D eigenvalue weighted by atomic mass is 16.7. The second kappa shape index (κ2) is 6.23. The molecule has 0 bridgehead atoms. The monoisotopic (exact) mass is 346 g/mol. The average Bonchev–Trinajstić information content (AvgIpc) is 3.09. The fraction of sp³-hybridized carbons (Fsp3) is 0.136. The van der Waals surface area contributed by atoms with Crippen molar-refractivity contribution >= 4 is 5.78 Å². The highest BCUT2D eigenvalue weighted by molar-refractivity contribution is 5.95. The van der Waals surface area contributed by atoms with Crippen molar-refractivity contribution in [2.24, 2.45) is 0 Å². The summed E-state index contributed by atoms with van der Waals surface area (Å²) in [6, 6.07) is 22.8. The molecule has 0 saturated carbocycles. The molecule has 1 aliphatic rings. The van der Waals surface area contributed by atoms with Crippen molar-refractivity contribution in [1.82, 2.24) is 0 Å². The Morgan fingerprint density at radius 3 is 1.96 bits per heavy atom. The molecular formula is C22H18O4. The molecule has 3 aromatic carbocycles. The van der Waals surface area contributed by atoms with Gasteiger partial charge in [-0.25, -0.2) is 0 Å². The minimum absolute atomic E-state index is 0.0633. The van der Waals surface area contributed by atoms with Gasteiger partial charge in [-0.1, -0.05) is 60.7 Å². The Balaban J connectivity index is 1.91. The molecule has 0 radical (unpaired) electrons. The summed E-state index contributed by atoms with van der Waals surface area (Å²) in [4.78, 5) is 11.9. The van der Waals surface area contributed by atoms with Crippen LogP contribution in [0.3, 0.4) is 0 Å². The van der Waals surface area contributed by atoms with Gasteiger partial charge in [0.1, 0.15) is 0 Å². The largest absolute Gasteiger partial charge is 0.493 e. The molecule has 0 aliphatic carbocycles. The molecule has 0 atom stereocenters. The predicted octanol–water partition coefficient (Wildman–Crippen LogP) is 4.57. The van der Waals surface area contributed by atoms with Crippen LogP contribution < -0.4 is 14.2 Å². The number of fused-ring (bicyclic) bond motifs is 1. The van der Waals surface area contributed by atoms with E-state index in [-0.39, 0.29) is 5.78 Å². The van der Waals surface area contributed by atoms with Crippen LogP contribution in [0, 0.1) is 0 Å². The molecular weight excluding hydrogens is 328 g/mol. The summed E-state index contributed by atoms with van der Waals surface area (Å²) in [5.41, 5.74) is 2.23. The Labute approximate surface area is 152 Å². The summed E-state index contributed by atoms with van der Waals surface area (Å²) < 4.78 is 18.2. The lowest BCUT2D eigenvalue weighted by Crippen LogP contribution is -2.36. The minimum atomic E-state index is -1.13. The van der Waals surface area contributed by atoms with Crippen LogP contribution in [0.15, 0.2) is 72.8 Å². The smallest absolute Gasteiger partial charge is 0.305 e. The zero-order chi connectivity index (χ0) is 18.1. The van der Waals surface area contributed by atoms with Crippen LogP contribution >= 0.6 is 0 Å². The first kappa shape index (κ1) is 16.2. The van der Waals surface area contributed by atoms with E-state index in [0.29, 0.717) is 22.8 Å². The summed E-state index contributed by atoms with van der Waals surface area (Å²) in [7, 11) is 1.55. The molecule has 0 amide bonds. The van der Waals surface area contributed by atoms with Gasteiger partial charge >= 0.3 is 5.79 Å². The maximum absolute atomic E-state index is 11.9. The highest BCUT2D eigenvalue weighted by Crippen LogP contribution is 2.52. The SMILES string of the molecule is COc1cc(C(C)=O)cc2c1OC(c1ccccc1)(c1ccccc1)O2. The van der Waals surface area contributed by atoms with Gasteiger partial charge in [0, 0.05) is 16.7 Å². The molecule has 1 aliphatic heterocycles. The Hall–Kier alpha value is -3.27. The lowest BCUT2D eigenvalue weighted by molar-refractivity contribution is -0.0467. The van der Waals surface area contributed by atoms with Crippen LogP contribution in [0.1, 0.15) is 28.4 Å². The Morgan fingerprint density at radius 2 is 1.46 bits per heavy atom. The van der Waals surface area contributed by atoms with E-state index in [1.165, 1.54) is 6.92 Å². The lowest BCUT2D eigenvalue weighted by atomic mass is 9.97. The van der Waals surface area contributed by atoms with Gasteiger partial charge < -0.3 is 14.2 Å². The maximum atomic E-state index is 11.9. The third kappa shape index (κ3) is 2.51. The number of hydrogen-bond acceptors (Lipinski definition) is 4. The molecule has 0 unspecified atom stereocenters. The van der Waals surface area contributed by atoms with Gasteiger partial charge in [-0.05, 0) is 19.1 Å². The number of Topliss-reactive ketones (excluding diaryl/α,β-unsaturated/α-hetero) is 1. The van der Waals surface area contributed by atoms with Gasteiger partial charge in [0.15, 0.2) is 17.3 Å². The molecule has 4 nitrogen and oxygen atoms in total. The van der Waals surface area contributed by atoms with Crippen LogP contribution in [0.5, 0.6) is 17.2 Å². The van der Waals surface area contributed by atoms with E-state index < -0.39 is 5.79 Å². The molecule has 0 N–H and O–H groups in total. The molecule has 0 spiro atoms. The Morgan fingerprint density at radius 1 is 0.885 bits per heavy atom. The number of methoxy groups -OCH3 is 1. The van der Waals surface area contributed by atoms with Crippen LogP contribution in [-0.4, -0.2) is 12.9 Å². The number of ketones is 1. The lowest BCUT2D eigenvalue weighted by Gasteiger charge is -2.28. The van der Waals surface area contributed by atoms with Gasteiger partial charge in [0.2, 0.25) is 5.75 Å². The highest BCUT2D eigenvalue weighted by Gasteiger charge is 2.46. The van der Waals surface area contributed by atoms with E-state index in [2.05, 4.69) is 0 Å². The molecule has 4 rings (SSSR count). The number of hydrogen-bond donors (Lipinski definition) is 0. The summed E-state index contributed by atoms with van der Waals surface area (Å²) in [5, 5.41) is 0. The van der Waals surface area contributed by atoms with E-state index in [4.69, 9.17) is 14.2 Å². The maximum Gasteiger partial charge on any atom is 0.305 e. The number of ether oxygens (including phenoxy) is 3. The standard InChI is InChI=1S/C22H18O4/c1-15(23)16-13-19(24-2)21-20(14-16)25-22(26-21,17-9-5-3-6-10-17)18-11-7-4-8-12-18/h3-14H,1-2H3. The zero-order valence-electron chi connectivity index (χ0n) is 14.6. The van der Waals surface area contributed by atoms with E-state index in [1.807, 2.05) is 60.7 Å². The van der Waals surface area contributed by atoms with Crippen molar-refractivity contribution in [2.75, 3.05) is 7.11 Å².